The van der Waals surface area contributed by atoms with E-state index in [-0.39, 0.29) is 23.8 Å². The molecule has 25 heavy (non-hydrogen) atoms. The average molecular weight is 341 g/mol. The molecule has 0 atom stereocenters. The molecule has 0 spiro atoms. The van der Waals surface area contributed by atoms with E-state index in [4.69, 9.17) is 4.74 Å². The lowest BCUT2D eigenvalue weighted by Crippen LogP contribution is -2.47. The lowest BCUT2D eigenvalue weighted by Gasteiger charge is -2.35. The van der Waals surface area contributed by atoms with E-state index in [1.165, 1.54) is 0 Å². The number of para-hydroxylation sites is 1. The highest BCUT2D eigenvalue weighted by Crippen LogP contribution is 2.24. The number of hydrogen-bond donors (Lipinski definition) is 1. The van der Waals surface area contributed by atoms with Gasteiger partial charge in [0.15, 0.2) is 0 Å². The normalized spacial score (nSPS) is 18.6. The first kappa shape index (κ1) is 15.7. The summed E-state index contributed by atoms with van der Waals surface area (Å²) < 4.78 is 4.99. The molecule has 0 aliphatic carbocycles. The molecule has 2 amide bonds. The van der Waals surface area contributed by atoms with Crippen molar-refractivity contribution in [2.75, 3.05) is 26.2 Å². The quantitative estimate of drug-likeness (QED) is 0.903. The molecule has 7 nitrogen and oxygen atoms in total. The number of rotatable bonds is 2. The molecule has 1 N–H and O–H groups in total. The highest BCUT2D eigenvalue weighted by Gasteiger charge is 2.33. The Hall–Kier alpha value is -2.83. The second kappa shape index (κ2) is 6.23. The molecule has 0 saturated carbocycles. The van der Waals surface area contributed by atoms with Crippen molar-refractivity contribution in [3.8, 4) is 5.75 Å². The van der Waals surface area contributed by atoms with Gasteiger partial charge in [0, 0.05) is 24.5 Å². The standard InChI is InChI=1S/C18H19N3O4/c22-15-3-1-2-12-4-5-14(19-16(12)15)17(23)20-8-6-13(7-9-20)21-10-11-25-18(21)24/h1-5,13,22H,6-11H2. The molecule has 0 unspecified atom stereocenters. The summed E-state index contributed by atoms with van der Waals surface area (Å²) in [6, 6.07) is 8.76. The first-order valence-electron chi connectivity index (χ1n) is 8.45. The Kier molecular flexibility index (Phi) is 3.91. The van der Waals surface area contributed by atoms with Crippen molar-refractivity contribution < 1.29 is 19.4 Å². The van der Waals surface area contributed by atoms with Gasteiger partial charge in [-0.05, 0) is 25.0 Å². The van der Waals surface area contributed by atoms with Crippen molar-refractivity contribution in [3.05, 3.63) is 36.0 Å². The molecule has 0 radical (unpaired) electrons. The largest absolute Gasteiger partial charge is 0.506 e. The maximum Gasteiger partial charge on any atom is 0.410 e. The van der Waals surface area contributed by atoms with Gasteiger partial charge < -0.3 is 19.6 Å². The van der Waals surface area contributed by atoms with Gasteiger partial charge >= 0.3 is 6.09 Å². The molecule has 0 bridgehead atoms. The molecule has 4 rings (SSSR count). The Morgan fingerprint density at radius 1 is 1.16 bits per heavy atom. The molecule has 130 valence electrons. The number of benzene rings is 1. The second-order valence-corrected chi connectivity index (χ2v) is 6.38. The van der Waals surface area contributed by atoms with E-state index in [0.717, 1.165) is 18.2 Å². The number of hydrogen-bond acceptors (Lipinski definition) is 5. The SMILES string of the molecule is O=C(c1ccc2cccc(O)c2n1)N1CCC(N2CCOC2=O)CC1. The van der Waals surface area contributed by atoms with E-state index in [1.807, 2.05) is 6.07 Å². The highest BCUT2D eigenvalue weighted by atomic mass is 16.6. The number of likely N-dealkylation sites (tertiary alicyclic amines) is 1. The van der Waals surface area contributed by atoms with Crippen LogP contribution in [0.15, 0.2) is 30.3 Å². The number of aromatic nitrogens is 1. The van der Waals surface area contributed by atoms with Crippen LogP contribution in [0.2, 0.25) is 0 Å². The fourth-order valence-electron chi connectivity index (χ4n) is 3.53. The van der Waals surface area contributed by atoms with Gasteiger partial charge in [0.05, 0.1) is 6.54 Å². The van der Waals surface area contributed by atoms with E-state index < -0.39 is 0 Å². The number of aromatic hydroxyl groups is 1. The fraction of sp³-hybridized carbons (Fsp3) is 0.389. The van der Waals surface area contributed by atoms with E-state index in [0.29, 0.717) is 37.5 Å². The maximum atomic E-state index is 12.7. The number of nitrogens with zero attached hydrogens (tertiary/aromatic N) is 3. The van der Waals surface area contributed by atoms with Gasteiger partial charge in [-0.25, -0.2) is 9.78 Å². The molecular formula is C18H19N3O4. The molecule has 7 heteroatoms. The van der Waals surface area contributed by atoms with Gasteiger partial charge in [-0.2, -0.15) is 0 Å². The third-order valence-corrected chi connectivity index (χ3v) is 4.90. The minimum Gasteiger partial charge on any atom is -0.506 e. The highest BCUT2D eigenvalue weighted by molar-refractivity contribution is 5.96. The first-order valence-corrected chi connectivity index (χ1v) is 8.45. The van der Waals surface area contributed by atoms with Crippen LogP contribution in [0.1, 0.15) is 23.3 Å². The molecule has 1 aromatic carbocycles. The van der Waals surface area contributed by atoms with Crippen LogP contribution >= 0.6 is 0 Å². The smallest absolute Gasteiger partial charge is 0.410 e. The van der Waals surface area contributed by atoms with Crippen molar-refractivity contribution in [2.45, 2.75) is 18.9 Å². The molecule has 2 aliphatic heterocycles. The topological polar surface area (TPSA) is 83.0 Å². The average Bonchev–Trinajstić information content (AvgIpc) is 3.07. The Morgan fingerprint density at radius 3 is 2.68 bits per heavy atom. The summed E-state index contributed by atoms with van der Waals surface area (Å²) >= 11 is 0. The van der Waals surface area contributed by atoms with Crippen LogP contribution in [0.5, 0.6) is 5.75 Å². The Morgan fingerprint density at radius 2 is 1.96 bits per heavy atom. The van der Waals surface area contributed by atoms with E-state index >= 15 is 0 Å². The van der Waals surface area contributed by atoms with Crippen molar-refractivity contribution in [2.24, 2.45) is 0 Å². The third kappa shape index (κ3) is 2.86. The van der Waals surface area contributed by atoms with Crippen LogP contribution < -0.4 is 0 Å². The Balaban J connectivity index is 1.47. The maximum absolute atomic E-state index is 12.7. The van der Waals surface area contributed by atoms with E-state index in [2.05, 4.69) is 4.98 Å². The van der Waals surface area contributed by atoms with Crippen LogP contribution in [0, 0.1) is 0 Å². The zero-order valence-corrected chi connectivity index (χ0v) is 13.7. The summed E-state index contributed by atoms with van der Waals surface area (Å²) in [5.74, 6) is -0.0778. The van der Waals surface area contributed by atoms with Crippen molar-refractivity contribution in [1.29, 1.82) is 0 Å². The molecule has 2 fully saturated rings. The molecule has 2 aromatic rings. The molecular weight excluding hydrogens is 322 g/mol. The molecule has 1 aromatic heterocycles. The number of phenolic OH excluding ortho intramolecular Hbond substituents is 1. The fourth-order valence-corrected chi connectivity index (χ4v) is 3.53. The van der Waals surface area contributed by atoms with Gasteiger partial charge in [0.25, 0.3) is 5.91 Å². The van der Waals surface area contributed by atoms with E-state index in [9.17, 15) is 14.7 Å². The van der Waals surface area contributed by atoms with Crippen LogP contribution in [0.4, 0.5) is 4.79 Å². The summed E-state index contributed by atoms with van der Waals surface area (Å²) in [7, 11) is 0. The molecule has 2 aliphatic rings. The Bertz CT molecular complexity index is 830. The Labute approximate surface area is 144 Å². The number of piperidine rings is 1. The zero-order valence-electron chi connectivity index (χ0n) is 13.7. The second-order valence-electron chi connectivity index (χ2n) is 6.38. The van der Waals surface area contributed by atoms with Crippen LogP contribution in [0.3, 0.4) is 0 Å². The summed E-state index contributed by atoms with van der Waals surface area (Å²) in [5.41, 5.74) is 0.760. The van der Waals surface area contributed by atoms with Gasteiger partial charge in [-0.1, -0.05) is 18.2 Å². The number of phenols is 1. The zero-order chi connectivity index (χ0) is 17.4. The number of fused-ring (bicyclic) bond motifs is 1. The van der Waals surface area contributed by atoms with Crippen molar-refractivity contribution >= 4 is 22.9 Å². The number of carbonyl (C=O) groups excluding carboxylic acids is 2. The summed E-state index contributed by atoms with van der Waals surface area (Å²) in [6.07, 6.45) is 1.22. The van der Waals surface area contributed by atoms with Gasteiger partial charge in [-0.3, -0.25) is 4.79 Å². The molecule has 2 saturated heterocycles. The van der Waals surface area contributed by atoms with Crippen LogP contribution in [-0.4, -0.2) is 64.2 Å². The first-order chi connectivity index (χ1) is 12.1. The predicted octanol–water partition coefficient (Wildman–Crippen LogP) is 2.00. The summed E-state index contributed by atoms with van der Waals surface area (Å²) in [5, 5.41) is 10.7. The van der Waals surface area contributed by atoms with Crippen molar-refractivity contribution in [1.82, 2.24) is 14.8 Å². The van der Waals surface area contributed by atoms with Crippen LogP contribution in [0.25, 0.3) is 10.9 Å². The number of cyclic esters (lactones) is 1. The number of amides is 2. The predicted molar refractivity (Wildman–Crippen MR) is 90.4 cm³/mol. The lowest BCUT2D eigenvalue weighted by atomic mass is 10.0. The van der Waals surface area contributed by atoms with Crippen LogP contribution in [-0.2, 0) is 4.74 Å². The molecule has 3 heterocycles. The number of pyridine rings is 1. The minimum absolute atomic E-state index is 0.0680. The summed E-state index contributed by atoms with van der Waals surface area (Å²) in [4.78, 5) is 32.2. The van der Waals surface area contributed by atoms with Crippen molar-refractivity contribution in [3.63, 3.8) is 0 Å². The van der Waals surface area contributed by atoms with Gasteiger partial charge in [0.2, 0.25) is 0 Å². The number of ether oxygens (including phenoxy) is 1. The third-order valence-electron chi connectivity index (χ3n) is 4.90. The summed E-state index contributed by atoms with van der Waals surface area (Å²) in [6.45, 7) is 2.23. The van der Waals surface area contributed by atoms with Gasteiger partial charge in [0.1, 0.15) is 23.6 Å². The lowest BCUT2D eigenvalue weighted by molar-refractivity contribution is 0.0653. The van der Waals surface area contributed by atoms with Gasteiger partial charge in [-0.15, -0.1) is 0 Å². The monoisotopic (exact) mass is 341 g/mol. The minimum atomic E-state index is -0.253. The van der Waals surface area contributed by atoms with E-state index in [1.54, 1.807) is 34.1 Å². The number of carbonyl (C=O) groups is 2.